The van der Waals surface area contributed by atoms with E-state index in [4.69, 9.17) is 42.1 Å². The molecule has 1 saturated heterocycles. The summed E-state index contributed by atoms with van der Waals surface area (Å²) >= 11 is 12.5. The zero-order chi connectivity index (χ0) is 21.2. The van der Waals surface area contributed by atoms with E-state index in [2.05, 4.69) is 0 Å². The van der Waals surface area contributed by atoms with Crippen LogP contribution in [0.15, 0.2) is 42.0 Å². The molecule has 3 rings (SSSR count). The van der Waals surface area contributed by atoms with Gasteiger partial charge in [-0.2, -0.15) is 0 Å². The summed E-state index contributed by atoms with van der Waals surface area (Å²) in [6.45, 7) is 3.14. The highest BCUT2D eigenvalue weighted by atomic mass is 35.5. The molecule has 152 valence electrons. The van der Waals surface area contributed by atoms with Crippen molar-refractivity contribution in [2.75, 3.05) is 7.11 Å². The average molecular weight is 437 g/mol. The van der Waals surface area contributed by atoms with Gasteiger partial charge < -0.3 is 18.9 Å². The number of esters is 2. The van der Waals surface area contributed by atoms with E-state index >= 15 is 0 Å². The molecule has 1 heterocycles. The molecule has 0 amide bonds. The zero-order valence-corrected chi connectivity index (χ0v) is 17.5. The molecule has 6 nitrogen and oxygen atoms in total. The van der Waals surface area contributed by atoms with Crippen LogP contribution in [-0.4, -0.2) is 24.8 Å². The largest absolute Gasteiger partial charge is 0.493 e. The fourth-order valence-electron chi connectivity index (χ4n) is 2.67. The van der Waals surface area contributed by atoms with Crippen LogP contribution in [0.25, 0.3) is 6.08 Å². The molecule has 8 heteroatoms. The molecule has 0 atom stereocenters. The molecule has 1 aliphatic heterocycles. The smallest absolute Gasteiger partial charge is 0.348 e. The number of rotatable bonds is 5. The first-order chi connectivity index (χ1) is 13.7. The summed E-state index contributed by atoms with van der Waals surface area (Å²) in [5, 5.41) is 0.808. The van der Waals surface area contributed by atoms with Crippen LogP contribution < -0.4 is 9.47 Å². The molecule has 1 fully saturated rings. The second-order valence-corrected chi connectivity index (χ2v) is 7.47. The first-order valence-corrected chi connectivity index (χ1v) is 9.38. The van der Waals surface area contributed by atoms with Gasteiger partial charge in [0.25, 0.3) is 5.79 Å². The lowest BCUT2D eigenvalue weighted by Gasteiger charge is -2.29. The molecule has 29 heavy (non-hydrogen) atoms. The second-order valence-electron chi connectivity index (χ2n) is 6.65. The van der Waals surface area contributed by atoms with Gasteiger partial charge in [0.2, 0.25) is 0 Å². The van der Waals surface area contributed by atoms with Crippen molar-refractivity contribution in [1.29, 1.82) is 0 Å². The number of halogens is 2. The highest BCUT2D eigenvalue weighted by Gasteiger charge is 2.38. The normalized spacial score (nSPS) is 15.4. The van der Waals surface area contributed by atoms with E-state index in [1.807, 2.05) is 18.2 Å². The van der Waals surface area contributed by atoms with Gasteiger partial charge >= 0.3 is 11.9 Å². The van der Waals surface area contributed by atoms with Crippen LogP contribution in [0.2, 0.25) is 10.0 Å². The number of hydrogen-bond donors (Lipinski definition) is 0. The van der Waals surface area contributed by atoms with E-state index < -0.39 is 17.7 Å². The van der Waals surface area contributed by atoms with Crippen LogP contribution in [0.4, 0.5) is 0 Å². The van der Waals surface area contributed by atoms with E-state index in [1.54, 1.807) is 18.2 Å². The van der Waals surface area contributed by atoms with Gasteiger partial charge in [0.1, 0.15) is 12.2 Å². The van der Waals surface area contributed by atoms with Crippen molar-refractivity contribution >= 4 is 41.2 Å². The number of benzene rings is 2. The van der Waals surface area contributed by atoms with Crippen molar-refractivity contribution in [3.05, 3.63) is 63.1 Å². The topological polar surface area (TPSA) is 71.1 Å². The summed E-state index contributed by atoms with van der Waals surface area (Å²) in [5.41, 5.74) is 0.988. The third kappa shape index (κ3) is 4.83. The minimum Gasteiger partial charge on any atom is -0.493 e. The van der Waals surface area contributed by atoms with Crippen molar-refractivity contribution in [3.8, 4) is 11.5 Å². The van der Waals surface area contributed by atoms with Gasteiger partial charge in [0.15, 0.2) is 11.5 Å². The van der Waals surface area contributed by atoms with Crippen molar-refractivity contribution in [2.45, 2.75) is 26.2 Å². The van der Waals surface area contributed by atoms with E-state index in [1.165, 1.54) is 27.0 Å². The van der Waals surface area contributed by atoms with Crippen molar-refractivity contribution < 1.29 is 28.5 Å². The first-order valence-electron chi connectivity index (χ1n) is 8.62. The number of carbonyl (C=O) groups is 2. The van der Waals surface area contributed by atoms with Crippen LogP contribution in [0, 0.1) is 0 Å². The lowest BCUT2D eigenvalue weighted by molar-refractivity contribution is -0.222. The Balaban J connectivity index is 1.88. The number of carbonyl (C=O) groups excluding carboxylic acids is 2. The maximum Gasteiger partial charge on any atom is 0.348 e. The van der Waals surface area contributed by atoms with Crippen molar-refractivity contribution in [1.82, 2.24) is 0 Å². The fourth-order valence-corrected chi connectivity index (χ4v) is 3.14. The quantitative estimate of drug-likeness (QED) is 0.380. The minimum atomic E-state index is -1.31. The SMILES string of the molecule is COc1cc(C=C2C(=O)OC(C)(C)OC2=O)cc(Cl)c1OCc1ccccc1Cl. The first kappa shape index (κ1) is 21.0. The molecule has 2 aromatic carbocycles. The molecule has 0 radical (unpaired) electrons. The molecule has 2 aromatic rings. The number of ether oxygens (including phenoxy) is 4. The molecule has 0 aliphatic carbocycles. The van der Waals surface area contributed by atoms with Gasteiger partial charge in [-0.3, -0.25) is 0 Å². The predicted molar refractivity (Wildman–Crippen MR) is 108 cm³/mol. The summed E-state index contributed by atoms with van der Waals surface area (Å²) in [7, 11) is 1.45. The Morgan fingerprint density at radius 2 is 1.69 bits per heavy atom. The van der Waals surface area contributed by atoms with Crippen molar-refractivity contribution in [2.24, 2.45) is 0 Å². The number of methoxy groups -OCH3 is 1. The summed E-state index contributed by atoms with van der Waals surface area (Å²) in [4.78, 5) is 24.3. The van der Waals surface area contributed by atoms with Gasteiger partial charge in [-0.25, -0.2) is 9.59 Å². The average Bonchev–Trinajstić information content (AvgIpc) is 2.64. The van der Waals surface area contributed by atoms with E-state index in [0.717, 1.165) is 5.56 Å². The van der Waals surface area contributed by atoms with Crippen LogP contribution in [0.3, 0.4) is 0 Å². The van der Waals surface area contributed by atoms with Crippen LogP contribution in [0.5, 0.6) is 11.5 Å². The Labute approximate surface area is 177 Å². The summed E-state index contributed by atoms with van der Waals surface area (Å²) in [6.07, 6.45) is 1.33. The number of cyclic esters (lactones) is 2. The highest BCUT2D eigenvalue weighted by Crippen LogP contribution is 2.38. The Hall–Kier alpha value is -2.70. The van der Waals surface area contributed by atoms with Crippen LogP contribution in [-0.2, 0) is 25.7 Å². The zero-order valence-electron chi connectivity index (χ0n) is 16.0. The van der Waals surface area contributed by atoms with Gasteiger partial charge in [-0.1, -0.05) is 41.4 Å². The van der Waals surface area contributed by atoms with Crippen LogP contribution in [0.1, 0.15) is 25.0 Å². The van der Waals surface area contributed by atoms with E-state index in [9.17, 15) is 9.59 Å². The summed E-state index contributed by atoms with van der Waals surface area (Å²) < 4.78 is 21.3. The Kier molecular flexibility index (Phi) is 6.05. The lowest BCUT2D eigenvalue weighted by atomic mass is 10.1. The summed E-state index contributed by atoms with van der Waals surface area (Å²) in [5.74, 6) is -2.22. The minimum absolute atomic E-state index is 0.184. The molecule has 0 N–H and O–H groups in total. The highest BCUT2D eigenvalue weighted by molar-refractivity contribution is 6.32. The molecule has 0 saturated carbocycles. The third-order valence-corrected chi connectivity index (χ3v) is 4.66. The Bertz CT molecular complexity index is 975. The molecule has 0 unspecified atom stereocenters. The molecule has 0 spiro atoms. The molecular formula is C21H18Cl2O6. The Morgan fingerprint density at radius 1 is 1.03 bits per heavy atom. The second kappa shape index (κ2) is 8.35. The number of hydrogen-bond acceptors (Lipinski definition) is 6. The van der Waals surface area contributed by atoms with Gasteiger partial charge in [-0.05, 0) is 29.8 Å². The lowest BCUT2D eigenvalue weighted by Crippen LogP contribution is -2.41. The van der Waals surface area contributed by atoms with Crippen LogP contribution >= 0.6 is 23.2 Å². The van der Waals surface area contributed by atoms with Gasteiger partial charge in [0.05, 0.1) is 12.1 Å². The van der Waals surface area contributed by atoms with E-state index in [0.29, 0.717) is 22.1 Å². The predicted octanol–water partition coefficient (Wildman–Crippen LogP) is 4.80. The third-order valence-electron chi connectivity index (χ3n) is 4.01. The molecule has 0 bridgehead atoms. The maximum absolute atomic E-state index is 12.1. The maximum atomic E-state index is 12.1. The molecular weight excluding hydrogens is 419 g/mol. The monoisotopic (exact) mass is 436 g/mol. The molecule has 0 aromatic heterocycles. The van der Waals surface area contributed by atoms with E-state index in [-0.39, 0.29) is 17.2 Å². The Morgan fingerprint density at radius 3 is 2.31 bits per heavy atom. The molecule has 1 aliphatic rings. The van der Waals surface area contributed by atoms with Gasteiger partial charge in [-0.15, -0.1) is 0 Å². The summed E-state index contributed by atoms with van der Waals surface area (Å²) in [6, 6.07) is 10.4. The van der Waals surface area contributed by atoms with Gasteiger partial charge in [0, 0.05) is 24.4 Å². The standard InChI is InChI=1S/C21H18Cl2O6/c1-21(2)28-19(24)14(20(25)29-21)8-12-9-16(23)18(17(10-12)26-3)27-11-13-6-4-5-7-15(13)22/h4-10H,11H2,1-3H3. The fraction of sp³-hybridized carbons (Fsp3) is 0.238. The van der Waals surface area contributed by atoms with Crippen molar-refractivity contribution in [3.63, 3.8) is 0 Å².